The summed E-state index contributed by atoms with van der Waals surface area (Å²) in [5.74, 6) is 1.19. The number of halogens is 1. The van der Waals surface area contributed by atoms with E-state index in [1.54, 1.807) is 18.3 Å². The smallest absolute Gasteiger partial charge is 0.181 e. The Labute approximate surface area is 149 Å². The van der Waals surface area contributed by atoms with Gasteiger partial charge in [0.15, 0.2) is 5.82 Å². The Bertz CT molecular complexity index is 1020. The zero-order valence-electron chi connectivity index (χ0n) is 14.1. The molecule has 0 aliphatic heterocycles. The van der Waals surface area contributed by atoms with Crippen molar-refractivity contribution in [1.82, 2.24) is 25.4 Å². The molecule has 2 aromatic carbocycles. The second kappa shape index (κ2) is 6.79. The van der Waals surface area contributed by atoms with E-state index in [1.165, 1.54) is 12.1 Å². The van der Waals surface area contributed by atoms with Gasteiger partial charge in [-0.05, 0) is 43.3 Å². The largest absolute Gasteiger partial charge is 0.381 e. The standard InChI is InChI=1S/C19H17FN6/c1-12-23-19(26-24-12)14-3-2-4-17(9-14)21-10-15-11-22-25-18(15)13-5-7-16(20)8-6-13/h2-9,11,21H,10H2,1H3,(H,22,25)(H,23,24,26). The summed E-state index contributed by atoms with van der Waals surface area (Å²) >= 11 is 0. The number of H-pyrrole nitrogens is 2. The summed E-state index contributed by atoms with van der Waals surface area (Å²) < 4.78 is 13.1. The molecule has 4 aromatic rings. The lowest BCUT2D eigenvalue weighted by Gasteiger charge is -2.08. The van der Waals surface area contributed by atoms with E-state index in [0.717, 1.165) is 33.9 Å². The molecule has 2 aromatic heterocycles. The number of hydrogen-bond acceptors (Lipinski definition) is 4. The molecular weight excluding hydrogens is 331 g/mol. The molecule has 0 aliphatic rings. The lowest BCUT2D eigenvalue weighted by molar-refractivity contribution is 0.628. The third kappa shape index (κ3) is 3.32. The van der Waals surface area contributed by atoms with Crippen LogP contribution in [0.1, 0.15) is 11.4 Å². The first kappa shape index (κ1) is 16.0. The number of hydrogen-bond donors (Lipinski definition) is 3. The molecule has 0 saturated heterocycles. The maximum atomic E-state index is 13.1. The highest BCUT2D eigenvalue weighted by Crippen LogP contribution is 2.24. The molecule has 0 fully saturated rings. The first-order valence-corrected chi connectivity index (χ1v) is 8.20. The summed E-state index contributed by atoms with van der Waals surface area (Å²) in [5, 5.41) is 17.5. The van der Waals surface area contributed by atoms with Crippen LogP contribution in [0.4, 0.5) is 10.1 Å². The van der Waals surface area contributed by atoms with Crippen molar-refractivity contribution >= 4 is 5.69 Å². The monoisotopic (exact) mass is 348 g/mol. The van der Waals surface area contributed by atoms with Crippen LogP contribution in [0.25, 0.3) is 22.6 Å². The highest BCUT2D eigenvalue weighted by molar-refractivity contribution is 5.65. The van der Waals surface area contributed by atoms with Crippen molar-refractivity contribution in [1.29, 1.82) is 0 Å². The van der Waals surface area contributed by atoms with E-state index >= 15 is 0 Å². The van der Waals surface area contributed by atoms with E-state index in [2.05, 4.69) is 30.7 Å². The van der Waals surface area contributed by atoms with Crippen molar-refractivity contribution in [3.63, 3.8) is 0 Å². The molecule has 0 atom stereocenters. The van der Waals surface area contributed by atoms with Gasteiger partial charge in [-0.25, -0.2) is 9.37 Å². The average molecular weight is 348 g/mol. The molecule has 130 valence electrons. The summed E-state index contributed by atoms with van der Waals surface area (Å²) in [7, 11) is 0. The molecule has 0 radical (unpaired) electrons. The Morgan fingerprint density at radius 1 is 1.04 bits per heavy atom. The van der Waals surface area contributed by atoms with Crippen LogP contribution < -0.4 is 5.32 Å². The van der Waals surface area contributed by atoms with E-state index in [9.17, 15) is 4.39 Å². The van der Waals surface area contributed by atoms with Crippen molar-refractivity contribution < 1.29 is 4.39 Å². The van der Waals surface area contributed by atoms with Crippen molar-refractivity contribution in [2.45, 2.75) is 13.5 Å². The predicted molar refractivity (Wildman–Crippen MR) is 97.9 cm³/mol. The molecule has 0 amide bonds. The van der Waals surface area contributed by atoms with Crippen LogP contribution in [0.5, 0.6) is 0 Å². The minimum absolute atomic E-state index is 0.257. The third-order valence-corrected chi connectivity index (χ3v) is 4.05. The lowest BCUT2D eigenvalue weighted by atomic mass is 10.1. The first-order valence-electron chi connectivity index (χ1n) is 8.20. The number of aromatic nitrogens is 5. The summed E-state index contributed by atoms with van der Waals surface area (Å²) in [4.78, 5) is 4.35. The normalized spacial score (nSPS) is 10.8. The maximum Gasteiger partial charge on any atom is 0.181 e. The fourth-order valence-electron chi connectivity index (χ4n) is 2.75. The van der Waals surface area contributed by atoms with Gasteiger partial charge in [0, 0.05) is 28.9 Å². The quantitative estimate of drug-likeness (QED) is 0.510. The number of anilines is 1. The van der Waals surface area contributed by atoms with Crippen LogP contribution >= 0.6 is 0 Å². The average Bonchev–Trinajstić information content (AvgIpc) is 3.30. The highest BCUT2D eigenvalue weighted by atomic mass is 19.1. The Hall–Kier alpha value is -3.48. The number of nitrogens with zero attached hydrogens (tertiary/aromatic N) is 3. The molecule has 7 heteroatoms. The third-order valence-electron chi connectivity index (χ3n) is 4.05. The molecule has 3 N–H and O–H groups in total. The minimum atomic E-state index is -0.257. The second-order valence-electron chi connectivity index (χ2n) is 5.96. The van der Waals surface area contributed by atoms with Gasteiger partial charge in [-0.2, -0.15) is 10.2 Å². The number of aromatic amines is 2. The van der Waals surface area contributed by atoms with E-state index in [0.29, 0.717) is 12.4 Å². The van der Waals surface area contributed by atoms with Gasteiger partial charge in [-0.15, -0.1) is 0 Å². The molecule has 0 unspecified atom stereocenters. The predicted octanol–water partition coefficient (Wildman–Crippen LogP) is 3.92. The second-order valence-corrected chi connectivity index (χ2v) is 5.96. The van der Waals surface area contributed by atoms with E-state index in [4.69, 9.17) is 0 Å². The van der Waals surface area contributed by atoms with Crippen molar-refractivity contribution in [3.8, 4) is 22.6 Å². The van der Waals surface area contributed by atoms with E-state index in [1.807, 2.05) is 31.2 Å². The minimum Gasteiger partial charge on any atom is -0.381 e. The summed E-state index contributed by atoms with van der Waals surface area (Å²) in [6.07, 6.45) is 1.77. The van der Waals surface area contributed by atoms with Gasteiger partial charge in [0.1, 0.15) is 11.6 Å². The van der Waals surface area contributed by atoms with Crippen LogP contribution in [-0.2, 0) is 6.54 Å². The molecule has 4 rings (SSSR count). The Morgan fingerprint density at radius 2 is 1.88 bits per heavy atom. The zero-order valence-corrected chi connectivity index (χ0v) is 14.1. The molecule has 2 heterocycles. The van der Waals surface area contributed by atoms with Gasteiger partial charge in [0.2, 0.25) is 0 Å². The molecule has 0 saturated carbocycles. The van der Waals surface area contributed by atoms with Crippen molar-refractivity contribution in [2.24, 2.45) is 0 Å². The molecular formula is C19H17FN6. The molecule has 6 nitrogen and oxygen atoms in total. The maximum absolute atomic E-state index is 13.1. The van der Waals surface area contributed by atoms with Crippen LogP contribution in [0, 0.1) is 12.7 Å². The summed E-state index contributed by atoms with van der Waals surface area (Å²) in [6.45, 7) is 2.45. The fraction of sp³-hybridized carbons (Fsp3) is 0.105. The van der Waals surface area contributed by atoms with E-state index < -0.39 is 0 Å². The fourth-order valence-corrected chi connectivity index (χ4v) is 2.75. The Balaban J connectivity index is 1.52. The highest BCUT2D eigenvalue weighted by Gasteiger charge is 2.09. The van der Waals surface area contributed by atoms with Crippen LogP contribution in [0.15, 0.2) is 54.7 Å². The lowest BCUT2D eigenvalue weighted by Crippen LogP contribution is -2.00. The Morgan fingerprint density at radius 3 is 2.65 bits per heavy atom. The Kier molecular flexibility index (Phi) is 4.18. The SMILES string of the molecule is Cc1nc(-c2cccc(NCc3cn[nH]c3-c3ccc(F)cc3)c2)n[nH]1. The molecule has 26 heavy (non-hydrogen) atoms. The van der Waals surface area contributed by atoms with Gasteiger partial charge >= 0.3 is 0 Å². The van der Waals surface area contributed by atoms with Crippen LogP contribution in [-0.4, -0.2) is 25.4 Å². The van der Waals surface area contributed by atoms with Crippen LogP contribution in [0.2, 0.25) is 0 Å². The van der Waals surface area contributed by atoms with Gasteiger partial charge in [0.25, 0.3) is 0 Å². The topological polar surface area (TPSA) is 82.3 Å². The first-order chi connectivity index (χ1) is 12.7. The number of benzene rings is 2. The zero-order chi connectivity index (χ0) is 17.9. The van der Waals surface area contributed by atoms with Crippen molar-refractivity contribution in [2.75, 3.05) is 5.32 Å². The molecule has 0 spiro atoms. The summed E-state index contributed by atoms with van der Waals surface area (Å²) in [6, 6.07) is 14.3. The van der Waals surface area contributed by atoms with E-state index in [-0.39, 0.29) is 5.82 Å². The van der Waals surface area contributed by atoms with Gasteiger partial charge in [-0.1, -0.05) is 12.1 Å². The van der Waals surface area contributed by atoms with Gasteiger partial charge < -0.3 is 5.32 Å². The number of nitrogens with one attached hydrogen (secondary N) is 3. The molecule has 0 aliphatic carbocycles. The van der Waals surface area contributed by atoms with Crippen LogP contribution in [0.3, 0.4) is 0 Å². The van der Waals surface area contributed by atoms with Crippen molar-refractivity contribution in [3.05, 3.63) is 71.9 Å². The summed E-state index contributed by atoms with van der Waals surface area (Å²) in [5.41, 5.74) is 4.65. The number of aryl methyl sites for hydroxylation is 1. The van der Waals surface area contributed by atoms with Gasteiger partial charge in [-0.3, -0.25) is 10.2 Å². The number of rotatable bonds is 5. The molecule has 0 bridgehead atoms. The van der Waals surface area contributed by atoms with Gasteiger partial charge in [0.05, 0.1) is 11.9 Å².